The zero-order valence-corrected chi connectivity index (χ0v) is 13.7. The highest BCUT2D eigenvalue weighted by Gasteiger charge is 2.13. The standard InChI is InChI=1S/C12H13BrN2O2S2/c1-3-15-9(11(13)7(2)14-15)6-18-8-4-10(12(16)17)19-5-8/h4-5H,3,6H2,1-2H3,(H,16,17). The third-order valence-electron chi connectivity index (χ3n) is 2.61. The van der Waals surface area contributed by atoms with Gasteiger partial charge in [0, 0.05) is 22.6 Å². The number of aromatic nitrogens is 2. The van der Waals surface area contributed by atoms with Gasteiger partial charge in [0.2, 0.25) is 0 Å². The summed E-state index contributed by atoms with van der Waals surface area (Å²) in [5.74, 6) is -0.0992. The van der Waals surface area contributed by atoms with E-state index in [1.54, 1.807) is 17.8 Å². The van der Waals surface area contributed by atoms with Crippen molar-refractivity contribution in [1.82, 2.24) is 9.78 Å². The molecule has 0 bridgehead atoms. The number of rotatable bonds is 5. The Labute approximate surface area is 128 Å². The van der Waals surface area contributed by atoms with Crippen LogP contribution in [0.4, 0.5) is 0 Å². The quantitative estimate of drug-likeness (QED) is 0.817. The number of hydrogen-bond donors (Lipinski definition) is 1. The molecule has 0 radical (unpaired) electrons. The van der Waals surface area contributed by atoms with Crippen LogP contribution in [0.25, 0.3) is 0 Å². The van der Waals surface area contributed by atoms with E-state index in [4.69, 9.17) is 5.11 Å². The van der Waals surface area contributed by atoms with E-state index in [0.29, 0.717) is 4.88 Å². The van der Waals surface area contributed by atoms with Gasteiger partial charge >= 0.3 is 5.97 Å². The summed E-state index contributed by atoms with van der Waals surface area (Å²) in [5, 5.41) is 15.2. The van der Waals surface area contributed by atoms with E-state index in [2.05, 4.69) is 28.0 Å². The molecule has 1 N–H and O–H groups in total. The van der Waals surface area contributed by atoms with E-state index >= 15 is 0 Å². The molecule has 0 amide bonds. The number of aromatic carboxylic acids is 1. The molecule has 2 aromatic heterocycles. The van der Waals surface area contributed by atoms with Crippen LogP contribution in [-0.4, -0.2) is 20.9 Å². The zero-order valence-electron chi connectivity index (χ0n) is 10.5. The van der Waals surface area contributed by atoms with Crippen molar-refractivity contribution in [2.24, 2.45) is 0 Å². The zero-order chi connectivity index (χ0) is 14.0. The van der Waals surface area contributed by atoms with Crippen molar-refractivity contribution in [1.29, 1.82) is 0 Å². The molecular formula is C12H13BrN2O2S2. The van der Waals surface area contributed by atoms with Gasteiger partial charge in [-0.1, -0.05) is 0 Å². The average molecular weight is 361 g/mol. The van der Waals surface area contributed by atoms with Crippen LogP contribution in [0, 0.1) is 6.92 Å². The minimum Gasteiger partial charge on any atom is -0.477 e. The molecule has 2 heterocycles. The molecule has 102 valence electrons. The van der Waals surface area contributed by atoms with Gasteiger partial charge < -0.3 is 5.11 Å². The van der Waals surface area contributed by atoms with E-state index in [1.807, 2.05) is 17.0 Å². The molecule has 0 atom stereocenters. The average Bonchev–Trinajstić information content (AvgIpc) is 2.94. The third-order valence-corrected chi connectivity index (χ3v) is 5.70. The largest absolute Gasteiger partial charge is 0.477 e. The molecule has 19 heavy (non-hydrogen) atoms. The van der Waals surface area contributed by atoms with Crippen LogP contribution in [0.5, 0.6) is 0 Å². The second-order valence-electron chi connectivity index (χ2n) is 3.90. The summed E-state index contributed by atoms with van der Waals surface area (Å²) < 4.78 is 3.01. The number of halogens is 1. The first kappa shape index (κ1) is 14.6. The summed E-state index contributed by atoms with van der Waals surface area (Å²) >= 11 is 6.44. The highest BCUT2D eigenvalue weighted by atomic mass is 79.9. The number of hydrogen-bond acceptors (Lipinski definition) is 4. The summed E-state index contributed by atoms with van der Waals surface area (Å²) in [5.41, 5.74) is 2.11. The highest BCUT2D eigenvalue weighted by Crippen LogP contribution is 2.31. The maximum Gasteiger partial charge on any atom is 0.345 e. The molecule has 0 saturated heterocycles. The second kappa shape index (κ2) is 6.11. The van der Waals surface area contributed by atoms with Crippen LogP contribution >= 0.6 is 39.0 Å². The van der Waals surface area contributed by atoms with Crippen molar-refractivity contribution in [3.8, 4) is 0 Å². The van der Waals surface area contributed by atoms with Gasteiger partial charge in [-0.2, -0.15) is 5.10 Å². The Morgan fingerprint density at radius 2 is 2.37 bits per heavy atom. The van der Waals surface area contributed by atoms with Crippen LogP contribution in [-0.2, 0) is 12.3 Å². The number of nitrogens with zero attached hydrogens (tertiary/aromatic N) is 2. The lowest BCUT2D eigenvalue weighted by Crippen LogP contribution is -2.01. The Morgan fingerprint density at radius 1 is 1.63 bits per heavy atom. The number of carbonyl (C=O) groups is 1. The topological polar surface area (TPSA) is 55.1 Å². The smallest absolute Gasteiger partial charge is 0.345 e. The second-order valence-corrected chi connectivity index (χ2v) is 6.66. The molecule has 0 fully saturated rings. The Bertz CT molecular complexity index is 607. The molecule has 4 nitrogen and oxygen atoms in total. The van der Waals surface area contributed by atoms with E-state index in [1.165, 1.54) is 11.3 Å². The van der Waals surface area contributed by atoms with E-state index in [0.717, 1.165) is 33.1 Å². The first-order chi connectivity index (χ1) is 9.02. The van der Waals surface area contributed by atoms with Crippen LogP contribution in [0.3, 0.4) is 0 Å². The van der Waals surface area contributed by atoms with Gasteiger partial charge in [0.05, 0.1) is 15.9 Å². The Morgan fingerprint density at radius 3 is 2.95 bits per heavy atom. The van der Waals surface area contributed by atoms with Crippen LogP contribution in [0.15, 0.2) is 20.8 Å². The van der Waals surface area contributed by atoms with E-state index in [-0.39, 0.29) is 0 Å². The molecule has 0 aliphatic heterocycles. The molecule has 0 saturated carbocycles. The molecular weight excluding hydrogens is 348 g/mol. The molecule has 0 spiro atoms. The predicted octanol–water partition coefficient (Wildman–Crippen LogP) is 4.03. The molecule has 2 aromatic rings. The normalized spacial score (nSPS) is 10.9. The summed E-state index contributed by atoms with van der Waals surface area (Å²) in [6, 6.07) is 1.71. The summed E-state index contributed by atoms with van der Waals surface area (Å²) in [6.45, 7) is 4.85. The lowest BCUT2D eigenvalue weighted by atomic mass is 10.4. The van der Waals surface area contributed by atoms with Crippen LogP contribution in [0.1, 0.15) is 28.0 Å². The molecule has 0 aliphatic rings. The number of thiophene rings is 1. The molecule has 0 unspecified atom stereocenters. The maximum absolute atomic E-state index is 10.8. The van der Waals surface area contributed by atoms with E-state index < -0.39 is 5.97 Å². The van der Waals surface area contributed by atoms with Gasteiger partial charge in [0.15, 0.2) is 0 Å². The monoisotopic (exact) mass is 360 g/mol. The fourth-order valence-electron chi connectivity index (χ4n) is 1.67. The van der Waals surface area contributed by atoms with Crippen molar-refractivity contribution in [3.05, 3.63) is 32.2 Å². The van der Waals surface area contributed by atoms with Crippen molar-refractivity contribution >= 4 is 45.0 Å². The minimum atomic E-state index is -0.868. The van der Waals surface area contributed by atoms with Crippen LogP contribution < -0.4 is 0 Å². The molecule has 2 rings (SSSR count). The van der Waals surface area contributed by atoms with Crippen molar-refractivity contribution in [2.75, 3.05) is 0 Å². The van der Waals surface area contributed by atoms with Crippen molar-refractivity contribution in [2.45, 2.75) is 31.0 Å². The first-order valence-electron chi connectivity index (χ1n) is 5.69. The van der Waals surface area contributed by atoms with Gasteiger partial charge in [-0.3, -0.25) is 4.68 Å². The lowest BCUT2D eigenvalue weighted by Gasteiger charge is -2.04. The van der Waals surface area contributed by atoms with Gasteiger partial charge in [0.25, 0.3) is 0 Å². The number of aryl methyl sites for hydroxylation is 2. The van der Waals surface area contributed by atoms with Gasteiger partial charge in [0.1, 0.15) is 4.88 Å². The summed E-state index contributed by atoms with van der Waals surface area (Å²) in [7, 11) is 0. The minimum absolute atomic E-state index is 0.377. The third kappa shape index (κ3) is 3.21. The van der Waals surface area contributed by atoms with Gasteiger partial charge in [-0.25, -0.2) is 4.79 Å². The SMILES string of the molecule is CCn1nc(C)c(Br)c1CSc1csc(C(=O)O)c1. The van der Waals surface area contributed by atoms with Gasteiger partial charge in [-0.05, 0) is 35.8 Å². The molecule has 0 aromatic carbocycles. The summed E-state index contributed by atoms with van der Waals surface area (Å²) in [4.78, 5) is 12.2. The maximum atomic E-state index is 10.8. The first-order valence-corrected chi connectivity index (χ1v) is 8.35. The molecule has 0 aliphatic carbocycles. The predicted molar refractivity (Wildman–Crippen MR) is 81.2 cm³/mol. The fourth-order valence-corrected chi connectivity index (χ4v) is 4.17. The van der Waals surface area contributed by atoms with Crippen LogP contribution in [0.2, 0.25) is 0 Å². The summed E-state index contributed by atoms with van der Waals surface area (Å²) in [6.07, 6.45) is 0. The van der Waals surface area contributed by atoms with Crippen molar-refractivity contribution < 1.29 is 9.90 Å². The Hall–Kier alpha value is -0.790. The number of carboxylic acid groups (broad SMARTS) is 1. The lowest BCUT2D eigenvalue weighted by molar-refractivity contribution is 0.0702. The Balaban J connectivity index is 2.11. The number of carboxylic acids is 1. The number of thioether (sulfide) groups is 1. The fraction of sp³-hybridized carbons (Fsp3) is 0.333. The van der Waals surface area contributed by atoms with E-state index in [9.17, 15) is 4.79 Å². The molecule has 7 heteroatoms. The highest BCUT2D eigenvalue weighted by molar-refractivity contribution is 9.10. The Kier molecular flexibility index (Phi) is 4.70. The van der Waals surface area contributed by atoms with Gasteiger partial charge in [-0.15, -0.1) is 23.1 Å². The van der Waals surface area contributed by atoms with Crippen molar-refractivity contribution in [3.63, 3.8) is 0 Å².